The van der Waals surface area contributed by atoms with E-state index in [1.807, 2.05) is 0 Å². The van der Waals surface area contributed by atoms with Gasteiger partial charge < -0.3 is 19.5 Å². The van der Waals surface area contributed by atoms with Crippen molar-refractivity contribution in [2.75, 3.05) is 26.9 Å². The number of carbonyl (C=O) groups excluding carboxylic acids is 2. The molecule has 1 aliphatic rings. The summed E-state index contributed by atoms with van der Waals surface area (Å²) >= 11 is 0. The third kappa shape index (κ3) is 4.41. The van der Waals surface area contributed by atoms with Crippen LogP contribution in [0.25, 0.3) is 5.76 Å². The highest BCUT2D eigenvalue weighted by molar-refractivity contribution is 6.46. The van der Waals surface area contributed by atoms with Crippen LogP contribution in [0.5, 0.6) is 5.75 Å². The molecule has 1 N–H and O–H groups in total. The number of rotatable bonds is 9. The van der Waals surface area contributed by atoms with Crippen molar-refractivity contribution in [2.45, 2.75) is 12.5 Å². The minimum absolute atomic E-state index is 0.0587. The van der Waals surface area contributed by atoms with E-state index in [9.17, 15) is 14.7 Å². The lowest BCUT2D eigenvalue weighted by atomic mass is 9.96. The summed E-state index contributed by atoms with van der Waals surface area (Å²) in [6.07, 6.45) is 5.39. The van der Waals surface area contributed by atoms with E-state index in [0.717, 1.165) is 0 Å². The quantitative estimate of drug-likeness (QED) is 0.225. The van der Waals surface area contributed by atoms with Gasteiger partial charge in [-0.25, -0.2) is 0 Å². The van der Waals surface area contributed by atoms with Crippen LogP contribution in [0.1, 0.15) is 23.6 Å². The Morgan fingerprint density at radius 2 is 1.90 bits per heavy atom. The molecule has 2 heterocycles. The summed E-state index contributed by atoms with van der Waals surface area (Å²) in [5, 5.41) is 11.0. The van der Waals surface area contributed by atoms with Crippen LogP contribution in [-0.2, 0) is 14.3 Å². The molecule has 30 heavy (non-hydrogen) atoms. The van der Waals surface area contributed by atoms with Crippen molar-refractivity contribution in [3.05, 3.63) is 78.1 Å². The van der Waals surface area contributed by atoms with Crippen LogP contribution < -0.4 is 4.74 Å². The molecule has 0 saturated carbocycles. The number of benzene rings is 1. The minimum Gasteiger partial charge on any atom is -0.507 e. The molecular formula is C23H24N2O5. The lowest BCUT2D eigenvalue weighted by Gasteiger charge is -2.25. The van der Waals surface area contributed by atoms with Crippen molar-refractivity contribution in [1.29, 1.82) is 0 Å². The summed E-state index contributed by atoms with van der Waals surface area (Å²) in [5.41, 5.74) is 1.19. The number of aliphatic hydroxyl groups excluding tert-OH is 1. The fourth-order valence-corrected chi connectivity index (χ4v) is 3.40. The predicted octanol–water partition coefficient (Wildman–Crippen LogP) is 3.10. The van der Waals surface area contributed by atoms with E-state index in [-0.39, 0.29) is 11.3 Å². The second-order valence-electron chi connectivity index (χ2n) is 6.74. The van der Waals surface area contributed by atoms with Gasteiger partial charge in [0.05, 0.1) is 11.6 Å². The molecule has 0 unspecified atom stereocenters. The second kappa shape index (κ2) is 9.84. The zero-order valence-electron chi connectivity index (χ0n) is 16.8. The molecule has 0 spiro atoms. The number of hydrogen-bond acceptors (Lipinski definition) is 6. The summed E-state index contributed by atoms with van der Waals surface area (Å²) in [6.45, 7) is 4.75. The SMILES string of the molecule is C=CCOc1ccc(/C(O)=C2/C(=O)C(=O)N(CCCOC)[C@H]2c2ccncc2)cc1. The van der Waals surface area contributed by atoms with Gasteiger partial charge in [-0.05, 0) is 48.4 Å². The largest absolute Gasteiger partial charge is 0.507 e. The number of carbonyl (C=O) groups is 2. The Morgan fingerprint density at radius 1 is 1.20 bits per heavy atom. The number of ketones is 1. The Labute approximate surface area is 175 Å². The Morgan fingerprint density at radius 3 is 2.53 bits per heavy atom. The first-order chi connectivity index (χ1) is 14.6. The van der Waals surface area contributed by atoms with Gasteiger partial charge >= 0.3 is 0 Å². The third-order valence-electron chi connectivity index (χ3n) is 4.80. The molecular weight excluding hydrogens is 384 g/mol. The van der Waals surface area contributed by atoms with Crippen molar-refractivity contribution in [3.63, 3.8) is 0 Å². The van der Waals surface area contributed by atoms with E-state index in [1.165, 1.54) is 4.90 Å². The van der Waals surface area contributed by atoms with Crippen LogP contribution in [0.15, 0.2) is 67.0 Å². The van der Waals surface area contributed by atoms with Crippen molar-refractivity contribution in [1.82, 2.24) is 9.88 Å². The Balaban J connectivity index is 2.01. The van der Waals surface area contributed by atoms with Crippen LogP contribution >= 0.6 is 0 Å². The highest BCUT2D eigenvalue weighted by Gasteiger charge is 2.45. The fraction of sp³-hybridized carbons (Fsp3) is 0.261. The molecule has 1 saturated heterocycles. The van der Waals surface area contributed by atoms with Gasteiger partial charge in [0, 0.05) is 38.2 Å². The summed E-state index contributed by atoms with van der Waals surface area (Å²) in [7, 11) is 1.58. The van der Waals surface area contributed by atoms with Crippen LogP contribution in [0.3, 0.4) is 0 Å². The van der Waals surface area contributed by atoms with Crippen molar-refractivity contribution in [3.8, 4) is 5.75 Å². The zero-order chi connectivity index (χ0) is 21.5. The molecule has 1 aromatic carbocycles. The molecule has 2 aromatic rings. The molecule has 156 valence electrons. The third-order valence-corrected chi connectivity index (χ3v) is 4.80. The van der Waals surface area contributed by atoms with Gasteiger partial charge in [-0.15, -0.1) is 0 Å². The zero-order valence-corrected chi connectivity index (χ0v) is 16.8. The van der Waals surface area contributed by atoms with Gasteiger partial charge in [0.1, 0.15) is 18.1 Å². The lowest BCUT2D eigenvalue weighted by Crippen LogP contribution is -2.31. The molecule has 7 heteroatoms. The minimum atomic E-state index is -0.710. The van der Waals surface area contributed by atoms with E-state index in [1.54, 1.807) is 62.0 Å². The number of amides is 1. The van der Waals surface area contributed by atoms with Gasteiger partial charge in [-0.3, -0.25) is 14.6 Å². The highest BCUT2D eigenvalue weighted by Crippen LogP contribution is 2.39. The second-order valence-corrected chi connectivity index (χ2v) is 6.74. The van der Waals surface area contributed by atoms with Gasteiger partial charge in [-0.2, -0.15) is 0 Å². The number of hydrogen-bond donors (Lipinski definition) is 1. The molecule has 1 aliphatic heterocycles. The summed E-state index contributed by atoms with van der Waals surface area (Å²) in [6, 6.07) is 9.45. The van der Waals surface area contributed by atoms with Gasteiger partial charge in [0.25, 0.3) is 11.7 Å². The summed E-state index contributed by atoms with van der Waals surface area (Å²) in [4.78, 5) is 31.1. The first kappa shape index (κ1) is 21.3. The maximum absolute atomic E-state index is 12.9. The molecule has 1 fully saturated rings. The normalized spacial score (nSPS) is 17.9. The number of pyridine rings is 1. The van der Waals surface area contributed by atoms with E-state index in [4.69, 9.17) is 9.47 Å². The fourth-order valence-electron chi connectivity index (χ4n) is 3.40. The van der Waals surface area contributed by atoms with E-state index in [2.05, 4.69) is 11.6 Å². The van der Waals surface area contributed by atoms with Crippen LogP contribution in [0, 0.1) is 0 Å². The molecule has 3 rings (SSSR count). The van der Waals surface area contributed by atoms with Crippen LogP contribution in [0.4, 0.5) is 0 Å². The van der Waals surface area contributed by atoms with E-state index in [0.29, 0.717) is 43.1 Å². The van der Waals surface area contributed by atoms with Gasteiger partial charge in [0.2, 0.25) is 0 Å². The Hall–Kier alpha value is -3.45. The van der Waals surface area contributed by atoms with E-state index < -0.39 is 17.7 Å². The van der Waals surface area contributed by atoms with Crippen molar-refractivity contribution >= 4 is 17.4 Å². The average molecular weight is 408 g/mol. The van der Waals surface area contributed by atoms with Crippen molar-refractivity contribution < 1.29 is 24.2 Å². The van der Waals surface area contributed by atoms with Gasteiger partial charge in [0.15, 0.2) is 0 Å². The van der Waals surface area contributed by atoms with E-state index >= 15 is 0 Å². The Bertz CT molecular complexity index is 938. The topological polar surface area (TPSA) is 89.0 Å². The summed E-state index contributed by atoms with van der Waals surface area (Å²) in [5.74, 6) is -0.962. The number of aliphatic hydroxyl groups is 1. The van der Waals surface area contributed by atoms with Gasteiger partial charge in [-0.1, -0.05) is 12.7 Å². The van der Waals surface area contributed by atoms with Crippen LogP contribution in [-0.4, -0.2) is 53.5 Å². The number of Topliss-reactive ketones (excluding diaryl/α,β-unsaturated/α-hetero) is 1. The Kier molecular flexibility index (Phi) is 6.98. The standard InChI is InChI=1S/C23H24N2O5/c1-3-14-30-18-7-5-17(6-8-18)21(26)19-20(16-9-11-24-12-10-16)25(13-4-15-29-2)23(28)22(19)27/h3,5-12,20,26H,1,4,13-15H2,2H3/b21-19-/t20-/m0/s1. The smallest absolute Gasteiger partial charge is 0.295 e. The molecule has 7 nitrogen and oxygen atoms in total. The molecule has 0 bridgehead atoms. The predicted molar refractivity (Wildman–Crippen MR) is 112 cm³/mol. The van der Waals surface area contributed by atoms with Crippen LogP contribution in [0.2, 0.25) is 0 Å². The average Bonchev–Trinajstić information content (AvgIpc) is 3.03. The summed E-state index contributed by atoms with van der Waals surface area (Å²) < 4.78 is 10.5. The van der Waals surface area contributed by atoms with Crippen molar-refractivity contribution in [2.24, 2.45) is 0 Å². The maximum Gasteiger partial charge on any atom is 0.295 e. The monoisotopic (exact) mass is 408 g/mol. The molecule has 1 atom stereocenters. The lowest BCUT2D eigenvalue weighted by molar-refractivity contribution is -0.140. The molecule has 0 aliphatic carbocycles. The first-order valence-electron chi connectivity index (χ1n) is 9.60. The first-order valence-corrected chi connectivity index (χ1v) is 9.60. The molecule has 1 amide bonds. The molecule has 1 aromatic heterocycles. The maximum atomic E-state index is 12.9. The number of nitrogens with zero attached hydrogens (tertiary/aromatic N) is 2. The number of aromatic nitrogens is 1. The highest BCUT2D eigenvalue weighted by atomic mass is 16.5. The molecule has 0 radical (unpaired) electrons. The number of likely N-dealkylation sites (tertiary alicyclic amines) is 1. The number of ether oxygens (including phenoxy) is 2. The number of methoxy groups -OCH3 is 1.